The second-order valence-electron chi connectivity index (χ2n) is 2.93. The zero-order valence-electron chi connectivity index (χ0n) is 7.58. The van der Waals surface area contributed by atoms with Crippen molar-refractivity contribution in [3.63, 3.8) is 0 Å². The van der Waals surface area contributed by atoms with Gasteiger partial charge in [-0.3, -0.25) is 0 Å². The van der Waals surface area contributed by atoms with Crippen molar-refractivity contribution in [2.75, 3.05) is 0 Å². The molecule has 0 aromatic carbocycles. The number of hydrogen-bond acceptors (Lipinski definition) is 2. The zero-order valence-corrected chi connectivity index (χ0v) is 9.17. The Bertz CT molecular complexity index is 447. The fraction of sp³-hybridized carbons (Fsp3) is 0.333. The number of imidazole rings is 1. The van der Waals surface area contributed by atoms with Crippen LogP contribution in [0.15, 0.2) is 16.9 Å². The molecule has 2 rings (SSSR count). The monoisotopic (exact) mass is 239 g/mol. The molecule has 13 heavy (non-hydrogen) atoms. The minimum Gasteiger partial charge on any atom is -0.316 e. The van der Waals surface area contributed by atoms with Gasteiger partial charge >= 0.3 is 0 Å². The maximum atomic E-state index is 4.46. The third-order valence-corrected chi connectivity index (χ3v) is 2.86. The van der Waals surface area contributed by atoms with Gasteiger partial charge in [0, 0.05) is 11.0 Å². The van der Waals surface area contributed by atoms with Crippen molar-refractivity contribution >= 4 is 27.1 Å². The van der Waals surface area contributed by atoms with Crippen LogP contribution in [0.25, 0.3) is 11.2 Å². The SMILES string of the molecule is CCn1cnc2cc(Br)c(C)nc21. The molecule has 0 aliphatic heterocycles. The molecule has 68 valence electrons. The minimum absolute atomic E-state index is 0.907. The van der Waals surface area contributed by atoms with Gasteiger partial charge in [0.1, 0.15) is 5.52 Å². The summed E-state index contributed by atoms with van der Waals surface area (Å²) in [6, 6.07) is 2.00. The smallest absolute Gasteiger partial charge is 0.160 e. The Morgan fingerprint density at radius 2 is 2.31 bits per heavy atom. The van der Waals surface area contributed by atoms with Crippen molar-refractivity contribution in [3.05, 3.63) is 22.6 Å². The molecule has 2 aromatic heterocycles. The first-order valence-corrected chi connectivity index (χ1v) is 4.99. The summed E-state index contributed by atoms with van der Waals surface area (Å²) in [5.74, 6) is 0. The third-order valence-electron chi connectivity index (χ3n) is 2.06. The predicted molar refractivity (Wildman–Crippen MR) is 55.6 cm³/mol. The number of pyridine rings is 1. The molecule has 0 bridgehead atoms. The van der Waals surface area contributed by atoms with Gasteiger partial charge in [-0.15, -0.1) is 0 Å². The van der Waals surface area contributed by atoms with E-state index in [0.717, 1.165) is 27.9 Å². The fourth-order valence-electron chi connectivity index (χ4n) is 1.28. The summed E-state index contributed by atoms with van der Waals surface area (Å²) >= 11 is 3.44. The van der Waals surface area contributed by atoms with E-state index >= 15 is 0 Å². The molecular formula is C9H10BrN3. The summed E-state index contributed by atoms with van der Waals surface area (Å²) in [5, 5.41) is 0. The van der Waals surface area contributed by atoms with Gasteiger partial charge in [-0.2, -0.15) is 0 Å². The topological polar surface area (TPSA) is 30.7 Å². The van der Waals surface area contributed by atoms with E-state index in [1.54, 1.807) is 0 Å². The van der Waals surface area contributed by atoms with Crippen LogP contribution < -0.4 is 0 Å². The predicted octanol–water partition coefficient (Wildman–Crippen LogP) is 2.52. The van der Waals surface area contributed by atoms with Gasteiger partial charge in [-0.05, 0) is 35.8 Å². The van der Waals surface area contributed by atoms with Crippen LogP contribution in [0.3, 0.4) is 0 Å². The Morgan fingerprint density at radius 1 is 1.54 bits per heavy atom. The van der Waals surface area contributed by atoms with Gasteiger partial charge in [-0.1, -0.05) is 0 Å². The van der Waals surface area contributed by atoms with Crippen molar-refractivity contribution < 1.29 is 0 Å². The lowest BCUT2D eigenvalue weighted by atomic mass is 10.3. The quantitative estimate of drug-likeness (QED) is 0.766. The van der Waals surface area contributed by atoms with Crippen molar-refractivity contribution in [2.24, 2.45) is 0 Å². The highest BCUT2D eigenvalue weighted by molar-refractivity contribution is 9.10. The largest absolute Gasteiger partial charge is 0.316 e. The second kappa shape index (κ2) is 3.10. The van der Waals surface area contributed by atoms with Crippen LogP contribution in [0.4, 0.5) is 0 Å². The number of nitrogens with zero attached hydrogens (tertiary/aromatic N) is 3. The molecule has 3 nitrogen and oxygen atoms in total. The molecule has 0 N–H and O–H groups in total. The summed E-state index contributed by atoms with van der Waals surface area (Å²) in [7, 11) is 0. The molecule has 0 amide bonds. The van der Waals surface area contributed by atoms with Crippen LogP contribution >= 0.6 is 15.9 Å². The van der Waals surface area contributed by atoms with Crippen LogP contribution in [0, 0.1) is 6.92 Å². The van der Waals surface area contributed by atoms with Crippen molar-refractivity contribution in [1.29, 1.82) is 0 Å². The Balaban J connectivity index is 2.77. The van der Waals surface area contributed by atoms with E-state index < -0.39 is 0 Å². The highest BCUT2D eigenvalue weighted by Gasteiger charge is 2.05. The highest BCUT2D eigenvalue weighted by Crippen LogP contribution is 2.19. The molecule has 0 radical (unpaired) electrons. The summed E-state index contributed by atoms with van der Waals surface area (Å²) in [6.45, 7) is 4.97. The van der Waals surface area contributed by atoms with Crippen LogP contribution in [0.1, 0.15) is 12.6 Å². The molecule has 2 heterocycles. The molecule has 0 atom stereocenters. The van der Waals surface area contributed by atoms with Gasteiger partial charge < -0.3 is 4.57 Å². The molecule has 2 aromatic rings. The van der Waals surface area contributed by atoms with Crippen LogP contribution in [-0.4, -0.2) is 14.5 Å². The first kappa shape index (κ1) is 8.69. The zero-order chi connectivity index (χ0) is 9.42. The molecule has 0 aliphatic rings. The highest BCUT2D eigenvalue weighted by atomic mass is 79.9. The van der Waals surface area contributed by atoms with Crippen molar-refractivity contribution in [1.82, 2.24) is 14.5 Å². The van der Waals surface area contributed by atoms with Crippen LogP contribution in [-0.2, 0) is 6.54 Å². The third kappa shape index (κ3) is 1.35. The first-order valence-electron chi connectivity index (χ1n) is 4.20. The average molecular weight is 240 g/mol. The van der Waals surface area contributed by atoms with Crippen molar-refractivity contribution in [3.8, 4) is 0 Å². The molecule has 0 fully saturated rings. The van der Waals surface area contributed by atoms with Gasteiger partial charge in [0.2, 0.25) is 0 Å². The Morgan fingerprint density at radius 3 is 3.00 bits per heavy atom. The maximum absolute atomic E-state index is 4.46. The Labute approximate surface area is 84.9 Å². The van der Waals surface area contributed by atoms with E-state index in [2.05, 4.69) is 32.8 Å². The number of aromatic nitrogens is 3. The fourth-order valence-corrected chi connectivity index (χ4v) is 1.59. The van der Waals surface area contributed by atoms with E-state index in [4.69, 9.17) is 0 Å². The molecule has 0 aliphatic carbocycles. The summed E-state index contributed by atoms with van der Waals surface area (Å²) in [5.41, 5.74) is 2.91. The Hall–Kier alpha value is -0.900. The molecule has 0 saturated heterocycles. The standard InChI is InChI=1S/C9H10BrN3/c1-3-13-5-11-8-4-7(10)6(2)12-9(8)13/h4-5H,3H2,1-2H3. The Kier molecular flexibility index (Phi) is 2.07. The van der Waals surface area contributed by atoms with E-state index in [9.17, 15) is 0 Å². The van der Waals surface area contributed by atoms with Gasteiger partial charge in [0.25, 0.3) is 0 Å². The lowest BCUT2D eigenvalue weighted by Gasteiger charge is -2.00. The van der Waals surface area contributed by atoms with E-state index in [0.29, 0.717) is 0 Å². The summed E-state index contributed by atoms with van der Waals surface area (Å²) < 4.78 is 3.05. The summed E-state index contributed by atoms with van der Waals surface area (Å²) in [6.07, 6.45) is 1.82. The van der Waals surface area contributed by atoms with Crippen molar-refractivity contribution in [2.45, 2.75) is 20.4 Å². The molecule has 0 saturated carbocycles. The molecule has 0 spiro atoms. The van der Waals surface area contributed by atoms with E-state index in [1.165, 1.54) is 0 Å². The number of hydrogen-bond donors (Lipinski definition) is 0. The van der Waals surface area contributed by atoms with Gasteiger partial charge in [-0.25, -0.2) is 9.97 Å². The lowest BCUT2D eigenvalue weighted by molar-refractivity contribution is 0.776. The van der Waals surface area contributed by atoms with E-state index in [-0.39, 0.29) is 0 Å². The molecule has 4 heteroatoms. The summed E-state index contributed by atoms with van der Waals surface area (Å²) in [4.78, 5) is 8.72. The number of fused-ring (bicyclic) bond motifs is 1. The van der Waals surface area contributed by atoms with Crippen LogP contribution in [0.5, 0.6) is 0 Å². The first-order chi connectivity index (χ1) is 6.22. The molecule has 0 unspecified atom stereocenters. The van der Waals surface area contributed by atoms with Gasteiger partial charge in [0.15, 0.2) is 5.65 Å². The number of rotatable bonds is 1. The van der Waals surface area contributed by atoms with Crippen LogP contribution in [0.2, 0.25) is 0 Å². The minimum atomic E-state index is 0.907. The number of aryl methyl sites for hydroxylation is 2. The molecular weight excluding hydrogens is 230 g/mol. The van der Waals surface area contributed by atoms with Gasteiger partial charge in [0.05, 0.1) is 12.0 Å². The maximum Gasteiger partial charge on any atom is 0.160 e. The normalized spacial score (nSPS) is 11.0. The second-order valence-corrected chi connectivity index (χ2v) is 3.78. The lowest BCUT2D eigenvalue weighted by Crippen LogP contribution is -1.94. The van der Waals surface area contributed by atoms with E-state index in [1.807, 2.05) is 23.9 Å². The number of halogens is 1. The average Bonchev–Trinajstić information content (AvgIpc) is 2.48.